The molecule has 0 aromatic heterocycles. The van der Waals surface area contributed by atoms with Crippen molar-refractivity contribution in [2.45, 2.75) is 37.3 Å². The zero-order chi connectivity index (χ0) is 10.9. The number of aliphatic hydroxyl groups is 1. The minimum Gasteiger partial charge on any atom is -0.393 e. The Bertz CT molecular complexity index is 345. The Morgan fingerprint density at radius 2 is 1.87 bits per heavy atom. The summed E-state index contributed by atoms with van der Waals surface area (Å²) in [7, 11) is 0. The normalized spacial score (nSPS) is 31.5. The minimum absolute atomic E-state index is 0.163. The van der Waals surface area contributed by atoms with Crippen molar-refractivity contribution in [3.63, 3.8) is 0 Å². The maximum Gasteiger partial charge on any atom is 0.0541 e. The summed E-state index contributed by atoms with van der Waals surface area (Å²) in [5.41, 5.74) is 7.30. The Morgan fingerprint density at radius 3 is 2.47 bits per heavy atom. The average Bonchev–Trinajstić information content (AvgIpc) is 2.23. The van der Waals surface area contributed by atoms with Gasteiger partial charge in [0.15, 0.2) is 0 Å². The van der Waals surface area contributed by atoms with Crippen LogP contribution >= 0.6 is 15.9 Å². The van der Waals surface area contributed by atoms with E-state index in [1.807, 2.05) is 18.2 Å². The molecule has 0 saturated heterocycles. The molecule has 0 bridgehead atoms. The molecule has 1 aromatic rings. The predicted molar refractivity (Wildman–Crippen MR) is 64.5 cm³/mol. The highest BCUT2D eigenvalue weighted by molar-refractivity contribution is 9.10. The van der Waals surface area contributed by atoms with Crippen LogP contribution in [0, 0.1) is 0 Å². The summed E-state index contributed by atoms with van der Waals surface area (Å²) in [6, 6.07) is 8.10. The van der Waals surface area contributed by atoms with E-state index in [0.29, 0.717) is 0 Å². The van der Waals surface area contributed by atoms with Crippen molar-refractivity contribution in [3.8, 4) is 0 Å². The summed E-state index contributed by atoms with van der Waals surface area (Å²) in [5.74, 6) is 0. The van der Waals surface area contributed by atoms with Gasteiger partial charge in [-0.25, -0.2) is 0 Å². The van der Waals surface area contributed by atoms with Crippen molar-refractivity contribution in [1.82, 2.24) is 0 Å². The van der Waals surface area contributed by atoms with E-state index in [2.05, 4.69) is 22.0 Å². The van der Waals surface area contributed by atoms with E-state index < -0.39 is 0 Å². The van der Waals surface area contributed by atoms with Crippen molar-refractivity contribution in [1.29, 1.82) is 0 Å². The first-order valence-electron chi connectivity index (χ1n) is 5.34. The molecule has 2 rings (SSSR count). The molecule has 82 valence electrons. The van der Waals surface area contributed by atoms with Crippen LogP contribution in [0.3, 0.4) is 0 Å². The van der Waals surface area contributed by atoms with Gasteiger partial charge in [-0.15, -0.1) is 0 Å². The third-order valence-corrected chi connectivity index (χ3v) is 3.95. The zero-order valence-electron chi connectivity index (χ0n) is 8.62. The number of benzene rings is 1. The summed E-state index contributed by atoms with van der Waals surface area (Å²) in [4.78, 5) is 0. The fraction of sp³-hybridized carbons (Fsp3) is 0.500. The Kier molecular flexibility index (Phi) is 3.14. The second kappa shape index (κ2) is 4.24. The molecule has 0 aliphatic heterocycles. The maximum absolute atomic E-state index is 9.49. The third kappa shape index (κ3) is 2.25. The Morgan fingerprint density at radius 1 is 1.27 bits per heavy atom. The third-order valence-electron chi connectivity index (χ3n) is 3.26. The lowest BCUT2D eigenvalue weighted by Gasteiger charge is -2.36. The molecule has 2 nitrogen and oxygen atoms in total. The van der Waals surface area contributed by atoms with E-state index in [-0.39, 0.29) is 11.6 Å². The Hall–Kier alpha value is -0.380. The molecule has 1 aliphatic carbocycles. The smallest absolute Gasteiger partial charge is 0.0541 e. The highest BCUT2D eigenvalue weighted by atomic mass is 79.9. The minimum atomic E-state index is -0.265. The van der Waals surface area contributed by atoms with Gasteiger partial charge in [-0.3, -0.25) is 0 Å². The van der Waals surface area contributed by atoms with Crippen LogP contribution in [0.15, 0.2) is 28.7 Å². The van der Waals surface area contributed by atoms with Gasteiger partial charge < -0.3 is 10.8 Å². The SMILES string of the molecule is NC1(c2ccccc2Br)CCC(O)CC1. The number of aliphatic hydroxyl groups excluding tert-OH is 1. The molecule has 0 atom stereocenters. The number of hydrogen-bond acceptors (Lipinski definition) is 2. The van der Waals surface area contributed by atoms with Gasteiger partial charge in [0.2, 0.25) is 0 Å². The van der Waals surface area contributed by atoms with Crippen molar-refractivity contribution in [3.05, 3.63) is 34.3 Å². The van der Waals surface area contributed by atoms with Crippen LogP contribution in [0.4, 0.5) is 0 Å². The van der Waals surface area contributed by atoms with Crippen LogP contribution in [0.2, 0.25) is 0 Å². The van der Waals surface area contributed by atoms with Crippen molar-refractivity contribution in [2.75, 3.05) is 0 Å². The molecule has 15 heavy (non-hydrogen) atoms. The fourth-order valence-corrected chi connectivity index (χ4v) is 2.93. The van der Waals surface area contributed by atoms with Gasteiger partial charge in [-0.2, -0.15) is 0 Å². The molecule has 0 unspecified atom stereocenters. The van der Waals surface area contributed by atoms with Gasteiger partial charge in [0.05, 0.1) is 6.10 Å². The number of nitrogens with two attached hydrogens (primary N) is 1. The first kappa shape index (κ1) is 11.1. The number of rotatable bonds is 1. The summed E-state index contributed by atoms with van der Waals surface area (Å²) >= 11 is 3.54. The monoisotopic (exact) mass is 269 g/mol. The van der Waals surface area contributed by atoms with Crippen molar-refractivity contribution >= 4 is 15.9 Å². The molecule has 0 radical (unpaired) electrons. The topological polar surface area (TPSA) is 46.2 Å². The number of hydrogen-bond donors (Lipinski definition) is 2. The molecule has 1 saturated carbocycles. The van der Waals surface area contributed by atoms with Gasteiger partial charge in [-0.1, -0.05) is 34.1 Å². The molecule has 3 N–H and O–H groups in total. The van der Waals surface area contributed by atoms with Gasteiger partial charge >= 0.3 is 0 Å². The van der Waals surface area contributed by atoms with Crippen LogP contribution in [0.1, 0.15) is 31.2 Å². The molecule has 0 spiro atoms. The molecule has 1 aromatic carbocycles. The van der Waals surface area contributed by atoms with Crippen molar-refractivity contribution < 1.29 is 5.11 Å². The first-order chi connectivity index (χ1) is 7.12. The van der Waals surface area contributed by atoms with Gasteiger partial charge in [-0.05, 0) is 37.3 Å². The standard InChI is InChI=1S/C12H16BrNO/c13-11-4-2-1-3-10(11)12(14)7-5-9(15)6-8-12/h1-4,9,15H,5-8,14H2. The highest BCUT2D eigenvalue weighted by Crippen LogP contribution is 2.38. The average molecular weight is 270 g/mol. The molecular weight excluding hydrogens is 254 g/mol. The quantitative estimate of drug-likeness (QED) is 0.823. The summed E-state index contributed by atoms with van der Waals surface area (Å²) < 4.78 is 1.07. The van der Waals surface area contributed by atoms with Crippen LogP contribution < -0.4 is 5.73 Å². The van der Waals surface area contributed by atoms with Crippen LogP contribution in [-0.4, -0.2) is 11.2 Å². The maximum atomic E-state index is 9.49. The van der Waals surface area contributed by atoms with E-state index in [1.54, 1.807) is 0 Å². The van der Waals surface area contributed by atoms with E-state index in [9.17, 15) is 5.11 Å². The van der Waals surface area contributed by atoms with E-state index >= 15 is 0 Å². The lowest BCUT2D eigenvalue weighted by Crippen LogP contribution is -2.41. The second-order valence-electron chi connectivity index (χ2n) is 4.37. The first-order valence-corrected chi connectivity index (χ1v) is 6.13. The molecule has 1 aliphatic rings. The molecule has 1 fully saturated rings. The molecule has 3 heteroatoms. The van der Waals surface area contributed by atoms with E-state index in [1.165, 1.54) is 0 Å². The van der Waals surface area contributed by atoms with Crippen LogP contribution in [0.25, 0.3) is 0 Å². The van der Waals surface area contributed by atoms with Gasteiger partial charge in [0.1, 0.15) is 0 Å². The van der Waals surface area contributed by atoms with E-state index in [0.717, 1.165) is 35.7 Å². The summed E-state index contributed by atoms with van der Waals surface area (Å²) in [6.07, 6.45) is 3.16. The predicted octanol–water partition coefficient (Wildman–Crippen LogP) is 2.54. The summed E-state index contributed by atoms with van der Waals surface area (Å²) in [6.45, 7) is 0. The summed E-state index contributed by atoms with van der Waals surface area (Å²) in [5, 5.41) is 9.49. The zero-order valence-corrected chi connectivity index (χ0v) is 10.2. The van der Waals surface area contributed by atoms with Gasteiger partial charge in [0, 0.05) is 10.0 Å². The van der Waals surface area contributed by atoms with Gasteiger partial charge in [0.25, 0.3) is 0 Å². The molecule has 0 heterocycles. The molecular formula is C12H16BrNO. The van der Waals surface area contributed by atoms with E-state index in [4.69, 9.17) is 5.73 Å². The van der Waals surface area contributed by atoms with Crippen molar-refractivity contribution in [2.24, 2.45) is 5.73 Å². The second-order valence-corrected chi connectivity index (χ2v) is 5.22. The Labute approximate surface area is 98.6 Å². The lowest BCUT2D eigenvalue weighted by molar-refractivity contribution is 0.0967. The highest BCUT2D eigenvalue weighted by Gasteiger charge is 2.33. The molecule has 0 amide bonds. The Balaban J connectivity index is 2.26. The lowest BCUT2D eigenvalue weighted by atomic mass is 9.76. The largest absolute Gasteiger partial charge is 0.393 e. The fourth-order valence-electron chi connectivity index (χ4n) is 2.25. The number of halogens is 1. The van der Waals surface area contributed by atoms with Crippen LogP contribution in [0.5, 0.6) is 0 Å². The van der Waals surface area contributed by atoms with Crippen LogP contribution in [-0.2, 0) is 5.54 Å².